The van der Waals surface area contributed by atoms with Crippen molar-refractivity contribution >= 4 is 29.0 Å². The van der Waals surface area contributed by atoms with E-state index in [2.05, 4.69) is 5.32 Å². The minimum Gasteiger partial charge on any atom is -0.494 e. The van der Waals surface area contributed by atoms with Gasteiger partial charge in [-0.05, 0) is 54.8 Å². The molecule has 228 valence electrons. The highest BCUT2D eigenvalue weighted by Gasteiger charge is 2.23. The van der Waals surface area contributed by atoms with Crippen LogP contribution in [0.1, 0.15) is 47.7 Å². The number of hydrogen-bond acceptors (Lipinski definition) is 6. The largest absolute Gasteiger partial charge is 0.494 e. The molecule has 1 atom stereocenters. The summed E-state index contributed by atoms with van der Waals surface area (Å²) < 4.78 is 25.3. The van der Waals surface area contributed by atoms with Crippen LogP contribution in [-0.4, -0.2) is 44.0 Å². The molecule has 1 N–H and O–H groups in total. The third kappa shape index (κ3) is 8.53. The SMILES string of the molecule is CCCC(=O)N(CCCOc1ccc(C[C@H](Nc2ccccc2C(=O)c2ccccc2)C(=O)OC)cc1)c1ccccc1F. The van der Waals surface area contributed by atoms with Crippen molar-refractivity contribution in [3.8, 4) is 5.75 Å². The zero-order valence-electron chi connectivity index (χ0n) is 25.0. The maximum atomic E-state index is 14.4. The van der Waals surface area contributed by atoms with Gasteiger partial charge in [0.15, 0.2) is 5.78 Å². The quantitative estimate of drug-likeness (QED) is 0.0918. The highest BCUT2D eigenvalue weighted by molar-refractivity contribution is 6.12. The van der Waals surface area contributed by atoms with E-state index in [1.54, 1.807) is 54.6 Å². The van der Waals surface area contributed by atoms with Gasteiger partial charge in [-0.2, -0.15) is 0 Å². The number of esters is 1. The molecule has 0 aliphatic rings. The minimum atomic E-state index is -0.735. The Hall–Kier alpha value is -4.98. The van der Waals surface area contributed by atoms with E-state index in [0.29, 0.717) is 61.4 Å². The molecule has 7 nitrogen and oxygen atoms in total. The number of carbonyl (C=O) groups excluding carboxylic acids is 3. The second-order valence-corrected chi connectivity index (χ2v) is 10.3. The summed E-state index contributed by atoms with van der Waals surface area (Å²) in [6.07, 6.45) is 1.85. The van der Waals surface area contributed by atoms with E-state index in [0.717, 1.165) is 5.56 Å². The van der Waals surface area contributed by atoms with Crippen LogP contribution in [0.3, 0.4) is 0 Å². The first-order chi connectivity index (χ1) is 21.4. The summed E-state index contributed by atoms with van der Waals surface area (Å²) in [6, 6.07) is 29.0. The number of carbonyl (C=O) groups is 3. The molecule has 0 saturated carbocycles. The minimum absolute atomic E-state index is 0.122. The first-order valence-electron chi connectivity index (χ1n) is 14.7. The fourth-order valence-corrected chi connectivity index (χ4v) is 4.84. The molecule has 0 saturated heterocycles. The number of methoxy groups -OCH3 is 1. The summed E-state index contributed by atoms with van der Waals surface area (Å²) in [5.74, 6) is -0.524. The van der Waals surface area contributed by atoms with Crippen LogP contribution in [0.4, 0.5) is 15.8 Å². The van der Waals surface area contributed by atoms with Gasteiger partial charge in [0.1, 0.15) is 17.6 Å². The second-order valence-electron chi connectivity index (χ2n) is 10.3. The Morgan fingerprint density at radius 1 is 0.864 bits per heavy atom. The van der Waals surface area contributed by atoms with E-state index in [4.69, 9.17) is 9.47 Å². The second kappa shape index (κ2) is 16.0. The zero-order valence-corrected chi connectivity index (χ0v) is 25.0. The van der Waals surface area contributed by atoms with Crippen LogP contribution < -0.4 is 15.0 Å². The van der Waals surface area contributed by atoms with Crippen LogP contribution in [0.25, 0.3) is 0 Å². The zero-order chi connectivity index (χ0) is 31.3. The summed E-state index contributed by atoms with van der Waals surface area (Å²) in [7, 11) is 1.33. The molecule has 0 aromatic heterocycles. The van der Waals surface area contributed by atoms with Crippen molar-refractivity contribution in [2.24, 2.45) is 0 Å². The number of amides is 1. The lowest BCUT2D eigenvalue weighted by molar-refractivity contribution is -0.141. The fraction of sp³-hybridized carbons (Fsp3) is 0.250. The van der Waals surface area contributed by atoms with Gasteiger partial charge in [0, 0.05) is 36.2 Å². The number of benzene rings is 4. The van der Waals surface area contributed by atoms with E-state index in [9.17, 15) is 18.8 Å². The molecule has 44 heavy (non-hydrogen) atoms. The van der Waals surface area contributed by atoms with Gasteiger partial charge in [0.25, 0.3) is 0 Å². The van der Waals surface area contributed by atoms with Gasteiger partial charge in [-0.15, -0.1) is 0 Å². The molecular formula is C36H37FN2O5. The third-order valence-electron chi connectivity index (χ3n) is 7.09. The lowest BCUT2D eigenvalue weighted by atomic mass is 10.00. The van der Waals surface area contributed by atoms with Crippen LogP contribution in [0.2, 0.25) is 0 Å². The Kier molecular flexibility index (Phi) is 11.6. The van der Waals surface area contributed by atoms with E-state index in [1.807, 2.05) is 49.4 Å². The number of ether oxygens (including phenoxy) is 2. The molecular weight excluding hydrogens is 559 g/mol. The number of nitrogens with zero attached hydrogens (tertiary/aromatic N) is 1. The Bertz CT molecular complexity index is 1540. The smallest absolute Gasteiger partial charge is 0.328 e. The van der Waals surface area contributed by atoms with Gasteiger partial charge in [-0.1, -0.05) is 73.7 Å². The van der Waals surface area contributed by atoms with E-state index in [1.165, 1.54) is 18.1 Å². The van der Waals surface area contributed by atoms with E-state index in [-0.39, 0.29) is 17.4 Å². The normalized spacial score (nSPS) is 11.3. The first-order valence-corrected chi connectivity index (χ1v) is 14.7. The van der Waals surface area contributed by atoms with Crippen LogP contribution in [-0.2, 0) is 20.7 Å². The molecule has 1 amide bonds. The molecule has 0 unspecified atom stereocenters. The summed E-state index contributed by atoms with van der Waals surface area (Å²) in [4.78, 5) is 40.0. The lowest BCUT2D eigenvalue weighted by Crippen LogP contribution is -2.33. The molecule has 0 bridgehead atoms. The summed E-state index contributed by atoms with van der Waals surface area (Å²) in [6.45, 7) is 2.58. The number of ketones is 1. The van der Waals surface area contributed by atoms with E-state index >= 15 is 0 Å². The van der Waals surface area contributed by atoms with Crippen LogP contribution >= 0.6 is 0 Å². The Balaban J connectivity index is 1.37. The lowest BCUT2D eigenvalue weighted by Gasteiger charge is -2.23. The number of hydrogen-bond donors (Lipinski definition) is 1. The maximum Gasteiger partial charge on any atom is 0.328 e. The number of para-hydroxylation sites is 2. The maximum absolute atomic E-state index is 14.4. The van der Waals surface area contributed by atoms with Crippen molar-refractivity contribution in [2.45, 2.75) is 38.6 Å². The third-order valence-corrected chi connectivity index (χ3v) is 7.09. The summed E-state index contributed by atoms with van der Waals surface area (Å²) in [5, 5.41) is 3.21. The summed E-state index contributed by atoms with van der Waals surface area (Å²) >= 11 is 0. The highest BCUT2D eigenvalue weighted by atomic mass is 19.1. The molecule has 4 aromatic rings. The van der Waals surface area contributed by atoms with Crippen LogP contribution in [0, 0.1) is 5.82 Å². The number of nitrogens with one attached hydrogen (secondary N) is 1. The predicted molar refractivity (Wildman–Crippen MR) is 170 cm³/mol. The summed E-state index contributed by atoms with van der Waals surface area (Å²) in [5.41, 5.74) is 2.69. The molecule has 4 aromatic carbocycles. The van der Waals surface area contributed by atoms with Gasteiger partial charge in [-0.25, -0.2) is 9.18 Å². The number of halogens is 1. The van der Waals surface area contributed by atoms with E-state index < -0.39 is 17.8 Å². The topological polar surface area (TPSA) is 84.9 Å². The van der Waals surface area contributed by atoms with Crippen molar-refractivity contribution in [3.05, 3.63) is 126 Å². The molecule has 0 aliphatic heterocycles. The van der Waals surface area contributed by atoms with Gasteiger partial charge in [0.2, 0.25) is 5.91 Å². The molecule has 8 heteroatoms. The van der Waals surface area contributed by atoms with Gasteiger partial charge in [0.05, 0.1) is 19.4 Å². The number of rotatable bonds is 15. The molecule has 0 spiro atoms. The van der Waals surface area contributed by atoms with Crippen molar-refractivity contribution in [3.63, 3.8) is 0 Å². The monoisotopic (exact) mass is 596 g/mol. The Morgan fingerprint density at radius 3 is 2.25 bits per heavy atom. The average Bonchev–Trinajstić information content (AvgIpc) is 3.05. The molecule has 4 rings (SSSR count). The first kappa shape index (κ1) is 31.9. The van der Waals surface area contributed by atoms with Crippen LogP contribution in [0.15, 0.2) is 103 Å². The number of anilines is 2. The van der Waals surface area contributed by atoms with Crippen molar-refractivity contribution < 1.29 is 28.2 Å². The fourth-order valence-electron chi connectivity index (χ4n) is 4.84. The standard InChI is InChI=1S/C36H37FN2O5/c1-3-12-34(40)39(33-18-10-8-16-30(33)37)23-11-24-44-28-21-19-26(20-22-28)25-32(36(42)43-2)38-31-17-9-7-15-29(31)35(41)27-13-5-4-6-14-27/h4-10,13-22,32,38H,3,11-12,23-25H2,1-2H3/t32-/m0/s1. The molecule has 0 fully saturated rings. The highest BCUT2D eigenvalue weighted by Crippen LogP contribution is 2.23. The Morgan fingerprint density at radius 2 is 1.55 bits per heavy atom. The Labute approximate surface area is 257 Å². The van der Waals surface area contributed by atoms with Crippen molar-refractivity contribution in [1.82, 2.24) is 0 Å². The van der Waals surface area contributed by atoms with Gasteiger partial charge >= 0.3 is 5.97 Å². The molecule has 0 radical (unpaired) electrons. The predicted octanol–water partition coefficient (Wildman–Crippen LogP) is 6.86. The molecule has 0 aliphatic carbocycles. The van der Waals surface area contributed by atoms with Gasteiger partial charge in [-0.3, -0.25) is 9.59 Å². The van der Waals surface area contributed by atoms with Crippen LogP contribution in [0.5, 0.6) is 5.75 Å². The van der Waals surface area contributed by atoms with Crippen molar-refractivity contribution in [2.75, 3.05) is 30.5 Å². The molecule has 0 heterocycles. The van der Waals surface area contributed by atoms with Gasteiger partial charge < -0.3 is 19.7 Å². The average molecular weight is 597 g/mol. The van der Waals surface area contributed by atoms with Crippen molar-refractivity contribution in [1.29, 1.82) is 0 Å².